The van der Waals surface area contributed by atoms with E-state index in [4.69, 9.17) is 10.5 Å². The molecule has 0 radical (unpaired) electrons. The highest BCUT2D eigenvalue weighted by Gasteiger charge is 2.22. The third-order valence-electron chi connectivity index (χ3n) is 2.58. The van der Waals surface area contributed by atoms with Crippen LogP contribution < -0.4 is 10.5 Å². The highest BCUT2D eigenvalue weighted by Crippen LogP contribution is 2.16. The van der Waals surface area contributed by atoms with E-state index in [-0.39, 0.29) is 23.9 Å². The number of nitrogens with zero attached hydrogens (tertiary/aromatic N) is 1. The highest BCUT2D eigenvalue weighted by atomic mass is 32.2. The number of aryl methyl sites for hydroxylation is 1. The van der Waals surface area contributed by atoms with Crippen molar-refractivity contribution in [1.82, 2.24) is 9.71 Å². The number of esters is 1. The maximum atomic E-state index is 12.1. The van der Waals surface area contributed by atoms with Gasteiger partial charge in [-0.25, -0.2) is 18.1 Å². The third-order valence-corrected chi connectivity index (χ3v) is 4.03. The summed E-state index contributed by atoms with van der Waals surface area (Å²) in [5.41, 5.74) is 6.25. The van der Waals surface area contributed by atoms with Gasteiger partial charge in [-0.3, -0.25) is 4.79 Å². The van der Waals surface area contributed by atoms with Gasteiger partial charge in [-0.2, -0.15) is 0 Å². The Morgan fingerprint density at radius 2 is 2.20 bits per heavy atom. The van der Waals surface area contributed by atoms with Gasteiger partial charge >= 0.3 is 5.97 Å². The van der Waals surface area contributed by atoms with E-state index in [1.165, 1.54) is 12.3 Å². The van der Waals surface area contributed by atoms with Crippen LogP contribution in [0.5, 0.6) is 0 Å². The molecule has 0 fully saturated rings. The first kappa shape index (κ1) is 16.4. The fourth-order valence-corrected chi connectivity index (χ4v) is 2.74. The number of nitrogens with two attached hydrogens (primary N) is 1. The number of pyridine rings is 1. The van der Waals surface area contributed by atoms with Crippen molar-refractivity contribution in [2.24, 2.45) is 5.92 Å². The summed E-state index contributed by atoms with van der Waals surface area (Å²) in [6, 6.07) is 1.43. The molecule has 0 aliphatic heterocycles. The van der Waals surface area contributed by atoms with Crippen molar-refractivity contribution in [3.8, 4) is 0 Å². The minimum atomic E-state index is -3.80. The summed E-state index contributed by atoms with van der Waals surface area (Å²) in [6.07, 6.45) is 1.48. The first-order valence-corrected chi connectivity index (χ1v) is 7.64. The van der Waals surface area contributed by atoms with E-state index in [2.05, 4.69) is 9.71 Å². The van der Waals surface area contributed by atoms with Gasteiger partial charge in [0.2, 0.25) is 10.0 Å². The van der Waals surface area contributed by atoms with Gasteiger partial charge < -0.3 is 10.5 Å². The number of nitrogen functional groups attached to an aromatic ring is 1. The van der Waals surface area contributed by atoms with E-state index in [0.717, 1.165) is 0 Å². The fourth-order valence-electron chi connectivity index (χ4n) is 1.45. The quantitative estimate of drug-likeness (QED) is 0.738. The number of anilines is 1. The number of hydrogen-bond acceptors (Lipinski definition) is 6. The van der Waals surface area contributed by atoms with Crippen molar-refractivity contribution < 1.29 is 17.9 Å². The van der Waals surface area contributed by atoms with Gasteiger partial charge in [-0.15, -0.1) is 0 Å². The molecule has 0 spiro atoms. The number of sulfonamides is 1. The van der Waals surface area contributed by atoms with Crippen LogP contribution >= 0.6 is 0 Å². The van der Waals surface area contributed by atoms with Gasteiger partial charge in [-0.05, 0) is 25.5 Å². The summed E-state index contributed by atoms with van der Waals surface area (Å²) in [5, 5.41) is 0. The number of aromatic nitrogens is 1. The molecule has 1 atom stereocenters. The zero-order valence-corrected chi connectivity index (χ0v) is 12.5. The second-order valence-corrected chi connectivity index (χ2v) is 6.14. The average Bonchev–Trinajstić information content (AvgIpc) is 2.39. The Labute approximate surface area is 118 Å². The monoisotopic (exact) mass is 301 g/mol. The molecule has 0 bridgehead atoms. The molecule has 8 heteroatoms. The van der Waals surface area contributed by atoms with Gasteiger partial charge in [-0.1, -0.05) is 6.92 Å². The topological polar surface area (TPSA) is 111 Å². The summed E-state index contributed by atoms with van der Waals surface area (Å²) in [6.45, 7) is 5.18. The highest BCUT2D eigenvalue weighted by molar-refractivity contribution is 7.89. The minimum Gasteiger partial charge on any atom is -0.466 e. The van der Waals surface area contributed by atoms with Crippen LogP contribution in [-0.2, 0) is 19.6 Å². The molecule has 0 aromatic carbocycles. The maximum Gasteiger partial charge on any atom is 0.309 e. The second-order valence-electron chi connectivity index (χ2n) is 4.40. The summed E-state index contributed by atoms with van der Waals surface area (Å²) >= 11 is 0. The Hall–Kier alpha value is -1.67. The van der Waals surface area contributed by atoms with Crippen molar-refractivity contribution in [2.45, 2.75) is 25.7 Å². The smallest absolute Gasteiger partial charge is 0.309 e. The van der Waals surface area contributed by atoms with Gasteiger partial charge in [0, 0.05) is 12.7 Å². The standard InChI is InChI=1S/C12H19N3O4S/c1-4-19-12(16)9(3)7-15-20(17,18)10-5-8(2)6-14-11(10)13/h5-6,9,15H,4,7H2,1-3H3,(H2,13,14)/t9-/m0/s1. The molecular weight excluding hydrogens is 282 g/mol. The van der Waals surface area contributed by atoms with E-state index in [0.29, 0.717) is 5.56 Å². The van der Waals surface area contributed by atoms with E-state index in [1.54, 1.807) is 20.8 Å². The van der Waals surface area contributed by atoms with Crippen LogP contribution in [0.2, 0.25) is 0 Å². The Morgan fingerprint density at radius 1 is 1.55 bits per heavy atom. The molecule has 20 heavy (non-hydrogen) atoms. The molecule has 0 saturated carbocycles. The van der Waals surface area contributed by atoms with Crippen LogP contribution in [-0.4, -0.2) is 32.5 Å². The lowest BCUT2D eigenvalue weighted by Crippen LogP contribution is -2.33. The molecule has 7 nitrogen and oxygen atoms in total. The van der Waals surface area contributed by atoms with Crippen LogP contribution in [0, 0.1) is 12.8 Å². The van der Waals surface area contributed by atoms with Crippen LogP contribution in [0.15, 0.2) is 17.2 Å². The SMILES string of the molecule is CCOC(=O)[C@@H](C)CNS(=O)(=O)c1cc(C)cnc1N. The number of rotatable bonds is 6. The summed E-state index contributed by atoms with van der Waals surface area (Å²) in [5.74, 6) is -1.11. The molecule has 112 valence electrons. The number of carbonyl (C=O) groups excluding carboxylic acids is 1. The van der Waals surface area contributed by atoms with Gasteiger partial charge in [0.05, 0.1) is 12.5 Å². The lowest BCUT2D eigenvalue weighted by atomic mass is 10.2. The lowest BCUT2D eigenvalue weighted by Gasteiger charge is -2.13. The molecule has 1 aromatic heterocycles. The predicted octanol–water partition coefficient (Wildman–Crippen LogP) is 0.450. The molecule has 1 heterocycles. The summed E-state index contributed by atoms with van der Waals surface area (Å²) in [7, 11) is -3.80. The van der Waals surface area contributed by atoms with Crippen LogP contribution in [0.4, 0.5) is 5.82 Å². The van der Waals surface area contributed by atoms with Crippen LogP contribution in [0.25, 0.3) is 0 Å². The molecule has 0 saturated heterocycles. The molecule has 1 aromatic rings. The molecule has 3 N–H and O–H groups in total. The molecule has 0 aliphatic rings. The largest absolute Gasteiger partial charge is 0.466 e. The number of ether oxygens (including phenoxy) is 1. The van der Waals surface area contributed by atoms with Crippen molar-refractivity contribution in [2.75, 3.05) is 18.9 Å². The zero-order chi connectivity index (χ0) is 15.3. The Bertz CT molecular complexity index is 586. The molecule has 0 unspecified atom stereocenters. The zero-order valence-electron chi connectivity index (χ0n) is 11.7. The van der Waals surface area contributed by atoms with Gasteiger partial charge in [0.25, 0.3) is 0 Å². The van der Waals surface area contributed by atoms with E-state index in [1.807, 2.05) is 0 Å². The molecule has 0 aliphatic carbocycles. The fraction of sp³-hybridized carbons (Fsp3) is 0.500. The minimum absolute atomic E-state index is 0.0610. The summed E-state index contributed by atoms with van der Waals surface area (Å²) < 4.78 is 31.4. The first-order valence-electron chi connectivity index (χ1n) is 6.16. The van der Waals surface area contributed by atoms with E-state index < -0.39 is 21.9 Å². The van der Waals surface area contributed by atoms with E-state index >= 15 is 0 Å². The normalized spacial score (nSPS) is 12.9. The third kappa shape index (κ3) is 4.17. The van der Waals surface area contributed by atoms with E-state index in [9.17, 15) is 13.2 Å². The number of carbonyl (C=O) groups is 1. The molecule has 0 amide bonds. The Balaban J connectivity index is 2.80. The van der Waals surface area contributed by atoms with Crippen molar-refractivity contribution >= 4 is 21.8 Å². The Morgan fingerprint density at radius 3 is 2.80 bits per heavy atom. The lowest BCUT2D eigenvalue weighted by molar-refractivity contribution is -0.147. The number of hydrogen-bond donors (Lipinski definition) is 2. The molecular formula is C12H19N3O4S. The maximum absolute atomic E-state index is 12.1. The Kier molecular flexibility index (Phi) is 5.46. The van der Waals surface area contributed by atoms with Crippen molar-refractivity contribution in [3.05, 3.63) is 17.8 Å². The predicted molar refractivity (Wildman–Crippen MR) is 74.4 cm³/mol. The molecule has 1 rings (SSSR count). The summed E-state index contributed by atoms with van der Waals surface area (Å²) in [4.78, 5) is 15.1. The van der Waals surface area contributed by atoms with Crippen molar-refractivity contribution in [3.63, 3.8) is 0 Å². The first-order chi connectivity index (χ1) is 9.27. The van der Waals surface area contributed by atoms with Crippen molar-refractivity contribution in [1.29, 1.82) is 0 Å². The van der Waals surface area contributed by atoms with Gasteiger partial charge in [0.1, 0.15) is 10.7 Å². The van der Waals surface area contributed by atoms with Gasteiger partial charge in [0.15, 0.2) is 0 Å². The van der Waals surface area contributed by atoms with Crippen LogP contribution in [0.1, 0.15) is 19.4 Å². The number of nitrogens with one attached hydrogen (secondary N) is 1. The average molecular weight is 301 g/mol. The second kappa shape index (κ2) is 6.67. The van der Waals surface area contributed by atoms with Crippen LogP contribution in [0.3, 0.4) is 0 Å².